The van der Waals surface area contributed by atoms with Crippen LogP contribution in [0.15, 0.2) is 36.5 Å². The molecule has 0 aliphatic carbocycles. The van der Waals surface area contributed by atoms with E-state index in [-0.39, 0.29) is 12.0 Å². The number of benzene rings is 1. The van der Waals surface area contributed by atoms with Crippen LogP contribution in [0.4, 0.5) is 11.5 Å². The molecule has 1 fully saturated rings. The molecule has 2 N–H and O–H groups in total. The number of nitrogens with zero attached hydrogens (tertiary/aromatic N) is 3. The number of carbonyl (C=O) groups is 1. The molecule has 2 heterocycles. The van der Waals surface area contributed by atoms with Gasteiger partial charge in [-0.05, 0) is 31.4 Å². The van der Waals surface area contributed by atoms with Crippen molar-refractivity contribution >= 4 is 17.4 Å². The highest BCUT2D eigenvalue weighted by Crippen LogP contribution is 2.28. The molecule has 6 nitrogen and oxygen atoms in total. The predicted octanol–water partition coefficient (Wildman–Crippen LogP) is 2.02. The van der Waals surface area contributed by atoms with Crippen LogP contribution in [0.25, 0.3) is 0 Å². The number of rotatable bonds is 3. The SMILES string of the molecule is Cn1ncc(NC(=O)c2ccccc2)c1N1CCCC(O)CC1. The van der Waals surface area contributed by atoms with Gasteiger partial charge in [-0.25, -0.2) is 0 Å². The van der Waals surface area contributed by atoms with Gasteiger partial charge in [0.2, 0.25) is 0 Å². The van der Waals surface area contributed by atoms with Gasteiger partial charge < -0.3 is 15.3 Å². The Balaban J connectivity index is 1.80. The lowest BCUT2D eigenvalue weighted by molar-refractivity contribution is 0.102. The van der Waals surface area contributed by atoms with Gasteiger partial charge in [-0.15, -0.1) is 0 Å². The number of aryl methyl sites for hydroxylation is 1. The van der Waals surface area contributed by atoms with Gasteiger partial charge in [0.25, 0.3) is 5.91 Å². The van der Waals surface area contributed by atoms with Gasteiger partial charge in [-0.2, -0.15) is 5.10 Å². The van der Waals surface area contributed by atoms with Crippen molar-refractivity contribution in [2.45, 2.75) is 25.4 Å². The Bertz CT molecular complexity index is 668. The Kier molecular flexibility index (Phi) is 4.62. The molecule has 1 aliphatic rings. The maximum absolute atomic E-state index is 12.4. The van der Waals surface area contributed by atoms with E-state index in [1.165, 1.54) is 0 Å². The molecule has 1 unspecified atom stereocenters. The standard InChI is InChI=1S/C17H22N4O2/c1-20-17(21-10-5-8-14(22)9-11-21)15(12-18-20)19-16(23)13-6-3-2-4-7-13/h2-4,6-7,12,14,22H,5,8-11H2,1H3,(H,19,23). The predicted molar refractivity (Wildman–Crippen MR) is 89.7 cm³/mol. The summed E-state index contributed by atoms with van der Waals surface area (Å²) in [5.74, 6) is 0.748. The Morgan fingerprint density at radius 3 is 2.83 bits per heavy atom. The van der Waals surface area contributed by atoms with Crippen LogP contribution in [0.2, 0.25) is 0 Å². The highest BCUT2D eigenvalue weighted by Gasteiger charge is 2.21. The van der Waals surface area contributed by atoms with Crippen molar-refractivity contribution in [2.24, 2.45) is 7.05 Å². The number of anilines is 2. The first-order valence-corrected chi connectivity index (χ1v) is 7.96. The lowest BCUT2D eigenvalue weighted by Crippen LogP contribution is -2.28. The van der Waals surface area contributed by atoms with Crippen molar-refractivity contribution in [3.05, 3.63) is 42.1 Å². The first-order chi connectivity index (χ1) is 11.1. The van der Waals surface area contributed by atoms with Crippen LogP contribution in [0.5, 0.6) is 0 Å². The van der Waals surface area contributed by atoms with Crippen molar-refractivity contribution in [1.82, 2.24) is 9.78 Å². The number of aliphatic hydroxyl groups excluding tert-OH is 1. The van der Waals surface area contributed by atoms with Gasteiger partial charge in [-0.1, -0.05) is 18.2 Å². The van der Waals surface area contributed by atoms with E-state index < -0.39 is 0 Å². The van der Waals surface area contributed by atoms with Crippen LogP contribution in [-0.4, -0.2) is 40.0 Å². The zero-order chi connectivity index (χ0) is 16.2. The lowest BCUT2D eigenvalue weighted by atomic mass is 10.2. The van der Waals surface area contributed by atoms with Crippen molar-refractivity contribution in [2.75, 3.05) is 23.3 Å². The molecule has 0 radical (unpaired) electrons. The van der Waals surface area contributed by atoms with Crippen LogP contribution < -0.4 is 10.2 Å². The highest BCUT2D eigenvalue weighted by molar-refractivity contribution is 6.05. The third-order valence-corrected chi connectivity index (χ3v) is 4.19. The largest absolute Gasteiger partial charge is 0.393 e. The third kappa shape index (κ3) is 3.53. The first-order valence-electron chi connectivity index (χ1n) is 7.96. The van der Waals surface area contributed by atoms with E-state index >= 15 is 0 Å². The monoisotopic (exact) mass is 314 g/mol. The molecule has 122 valence electrons. The van der Waals surface area contributed by atoms with Crippen molar-refractivity contribution in [3.8, 4) is 0 Å². The molecule has 1 aromatic heterocycles. The van der Waals surface area contributed by atoms with Gasteiger partial charge in [0.05, 0.1) is 12.3 Å². The Labute approximate surface area is 135 Å². The Hall–Kier alpha value is -2.34. The van der Waals surface area contributed by atoms with Gasteiger partial charge in [-0.3, -0.25) is 9.48 Å². The van der Waals surface area contributed by atoms with Gasteiger partial charge >= 0.3 is 0 Å². The lowest BCUT2D eigenvalue weighted by Gasteiger charge is -2.24. The highest BCUT2D eigenvalue weighted by atomic mass is 16.3. The molecule has 1 saturated heterocycles. The summed E-state index contributed by atoms with van der Waals surface area (Å²) < 4.78 is 1.78. The molecule has 0 bridgehead atoms. The summed E-state index contributed by atoms with van der Waals surface area (Å²) in [6, 6.07) is 9.14. The van der Waals surface area contributed by atoms with Crippen LogP contribution >= 0.6 is 0 Å². The quantitative estimate of drug-likeness (QED) is 0.909. The number of carbonyl (C=O) groups excluding carboxylic acids is 1. The van der Waals surface area contributed by atoms with E-state index in [2.05, 4.69) is 15.3 Å². The molecular formula is C17H22N4O2. The van der Waals surface area contributed by atoms with Crippen LogP contribution in [0.1, 0.15) is 29.6 Å². The van der Waals surface area contributed by atoms with Crippen LogP contribution in [0.3, 0.4) is 0 Å². The molecule has 0 spiro atoms. The van der Waals surface area contributed by atoms with Gasteiger partial charge in [0.1, 0.15) is 5.69 Å². The van der Waals surface area contributed by atoms with Gasteiger partial charge in [0.15, 0.2) is 5.82 Å². The number of hydrogen-bond acceptors (Lipinski definition) is 4. The normalized spacial score (nSPS) is 18.5. The second-order valence-corrected chi connectivity index (χ2v) is 5.90. The summed E-state index contributed by atoms with van der Waals surface area (Å²) in [6.07, 6.45) is 3.92. The zero-order valence-electron chi connectivity index (χ0n) is 13.3. The van der Waals surface area contributed by atoms with E-state index in [4.69, 9.17) is 0 Å². The first kappa shape index (κ1) is 15.6. The molecule has 1 atom stereocenters. The number of aliphatic hydroxyl groups is 1. The average Bonchev–Trinajstić information content (AvgIpc) is 2.78. The van der Waals surface area contributed by atoms with Crippen molar-refractivity contribution in [3.63, 3.8) is 0 Å². The van der Waals surface area contributed by atoms with Crippen molar-refractivity contribution in [1.29, 1.82) is 0 Å². The molecule has 1 aliphatic heterocycles. The second-order valence-electron chi connectivity index (χ2n) is 5.90. The van der Waals surface area contributed by atoms with E-state index in [1.807, 2.05) is 25.2 Å². The summed E-state index contributed by atoms with van der Waals surface area (Å²) in [5.41, 5.74) is 1.33. The van der Waals surface area contributed by atoms with Gasteiger partial charge in [0, 0.05) is 25.7 Å². The number of aromatic nitrogens is 2. The third-order valence-electron chi connectivity index (χ3n) is 4.19. The fraction of sp³-hybridized carbons (Fsp3) is 0.412. The second kappa shape index (κ2) is 6.83. The number of amides is 1. The maximum atomic E-state index is 12.4. The van der Waals surface area contributed by atoms with Crippen molar-refractivity contribution < 1.29 is 9.90 Å². The minimum absolute atomic E-state index is 0.144. The molecule has 2 aromatic rings. The summed E-state index contributed by atoms with van der Waals surface area (Å²) in [7, 11) is 1.87. The summed E-state index contributed by atoms with van der Waals surface area (Å²) in [4.78, 5) is 14.6. The van der Waals surface area contributed by atoms with E-state index in [1.54, 1.807) is 23.0 Å². The molecule has 1 amide bonds. The van der Waals surface area contributed by atoms with Crippen LogP contribution in [-0.2, 0) is 7.05 Å². The summed E-state index contributed by atoms with van der Waals surface area (Å²) >= 11 is 0. The fourth-order valence-electron chi connectivity index (χ4n) is 2.97. The number of nitrogens with one attached hydrogen (secondary N) is 1. The fourth-order valence-corrected chi connectivity index (χ4v) is 2.97. The molecule has 0 saturated carbocycles. The minimum Gasteiger partial charge on any atom is -0.393 e. The van der Waals surface area contributed by atoms with E-state index in [0.29, 0.717) is 11.3 Å². The minimum atomic E-state index is -0.240. The molecule has 23 heavy (non-hydrogen) atoms. The number of hydrogen-bond donors (Lipinski definition) is 2. The zero-order valence-corrected chi connectivity index (χ0v) is 13.3. The van der Waals surface area contributed by atoms with Crippen LogP contribution in [0, 0.1) is 0 Å². The summed E-state index contributed by atoms with van der Waals surface area (Å²) in [5, 5.41) is 17.1. The van der Waals surface area contributed by atoms with E-state index in [9.17, 15) is 9.90 Å². The molecular weight excluding hydrogens is 292 g/mol. The average molecular weight is 314 g/mol. The summed E-state index contributed by atoms with van der Waals surface area (Å²) in [6.45, 7) is 1.61. The molecule has 3 rings (SSSR count). The van der Waals surface area contributed by atoms with E-state index in [0.717, 1.165) is 38.2 Å². The molecule has 1 aromatic carbocycles. The topological polar surface area (TPSA) is 70.4 Å². The smallest absolute Gasteiger partial charge is 0.255 e. The Morgan fingerprint density at radius 1 is 1.26 bits per heavy atom. The Morgan fingerprint density at radius 2 is 2.04 bits per heavy atom. The maximum Gasteiger partial charge on any atom is 0.255 e. The molecule has 6 heteroatoms.